The molecule has 4 rings (SSSR count). The van der Waals surface area contributed by atoms with Gasteiger partial charge >= 0.3 is 5.62 Å². The number of hydrogen-bond donors (Lipinski definition) is 1. The molecule has 116 valence electrons. The number of fused-ring (bicyclic) bond motifs is 2. The van der Waals surface area contributed by atoms with E-state index >= 15 is 0 Å². The van der Waals surface area contributed by atoms with E-state index in [1.165, 1.54) is 12.1 Å². The summed E-state index contributed by atoms with van der Waals surface area (Å²) in [5.41, 5.74) is -0.293. The molecule has 0 saturated carbocycles. The zero-order valence-corrected chi connectivity index (χ0v) is 12.5. The predicted molar refractivity (Wildman–Crippen MR) is 82.4 cm³/mol. The third-order valence-electron chi connectivity index (χ3n) is 3.68. The van der Waals surface area contributed by atoms with Gasteiger partial charge < -0.3 is 14.5 Å². The fourth-order valence-corrected chi connectivity index (χ4v) is 3.73. The van der Waals surface area contributed by atoms with E-state index < -0.39 is 15.5 Å². The fourth-order valence-electron chi connectivity index (χ4n) is 2.51. The van der Waals surface area contributed by atoms with Crippen LogP contribution in [0.3, 0.4) is 0 Å². The number of carbonyl (C=O) groups excluding carboxylic acids is 1. The maximum Gasteiger partial charge on any atom is 0.350 e. The first kappa shape index (κ1) is 13.8. The largest absolute Gasteiger partial charge is 0.438 e. The van der Waals surface area contributed by atoms with E-state index in [-0.39, 0.29) is 4.90 Å². The zero-order chi connectivity index (χ0) is 16.0. The average Bonchev–Trinajstić information content (AvgIpc) is 3.16. The lowest BCUT2D eigenvalue weighted by Gasteiger charge is -2.11. The molecule has 1 N–H and O–H groups in total. The normalized spacial score (nSPS) is 16.6. The van der Waals surface area contributed by atoms with E-state index in [1.807, 2.05) is 0 Å². The third kappa shape index (κ3) is 2.08. The maximum absolute atomic E-state index is 12.5. The van der Waals surface area contributed by atoms with Gasteiger partial charge in [-0.3, -0.25) is 4.79 Å². The van der Waals surface area contributed by atoms with Crippen molar-refractivity contribution in [2.24, 2.45) is 0 Å². The van der Waals surface area contributed by atoms with Crippen LogP contribution in [-0.2, 0) is 9.84 Å². The molecule has 0 saturated heterocycles. The van der Waals surface area contributed by atoms with Gasteiger partial charge in [0.2, 0.25) is 0 Å². The molecule has 23 heavy (non-hydrogen) atoms. The second kappa shape index (κ2) is 4.85. The number of aromatic nitrogens is 1. The van der Waals surface area contributed by atoms with Gasteiger partial charge in [0.15, 0.2) is 17.8 Å². The zero-order valence-electron chi connectivity index (χ0n) is 11.7. The second-order valence-electron chi connectivity index (χ2n) is 5.09. The van der Waals surface area contributed by atoms with Gasteiger partial charge in [0.05, 0.1) is 10.4 Å². The van der Waals surface area contributed by atoms with Gasteiger partial charge in [-0.05, 0) is 18.2 Å². The molecule has 3 aromatic rings. The Morgan fingerprint density at radius 2 is 1.74 bits per heavy atom. The van der Waals surface area contributed by atoms with Crippen molar-refractivity contribution in [2.45, 2.75) is 10.5 Å². The minimum atomic E-state index is -3.79. The van der Waals surface area contributed by atoms with E-state index in [2.05, 4.69) is 4.98 Å². The first-order valence-corrected chi connectivity index (χ1v) is 8.37. The molecule has 2 aromatic carbocycles. The number of hydrogen-bond acceptors (Lipinski definition) is 5. The molecule has 0 bridgehead atoms. The van der Waals surface area contributed by atoms with Crippen molar-refractivity contribution in [3.63, 3.8) is 0 Å². The number of aromatic amines is 1. The number of ether oxygens (including phenoxy) is 2. The Morgan fingerprint density at radius 1 is 1.04 bits per heavy atom. The molecule has 2 heterocycles. The maximum atomic E-state index is 12.5. The minimum absolute atomic E-state index is 0.122. The van der Waals surface area contributed by atoms with Gasteiger partial charge in [-0.15, -0.1) is 0 Å². The van der Waals surface area contributed by atoms with Crippen LogP contribution in [0.5, 0.6) is 11.5 Å². The Morgan fingerprint density at radius 3 is 2.43 bits per heavy atom. The van der Waals surface area contributed by atoms with Crippen LogP contribution in [0.15, 0.2) is 53.6 Å². The molecule has 0 spiro atoms. The van der Waals surface area contributed by atoms with Gasteiger partial charge in [-0.1, -0.05) is 18.2 Å². The van der Waals surface area contributed by atoms with Crippen LogP contribution >= 0.6 is 0 Å². The van der Waals surface area contributed by atoms with Crippen molar-refractivity contribution in [2.75, 3.05) is 0 Å². The van der Waals surface area contributed by atoms with Gasteiger partial charge in [-0.2, -0.15) is 0 Å². The second-order valence-corrected chi connectivity index (χ2v) is 7.04. The lowest BCUT2D eigenvalue weighted by molar-refractivity contribution is 0.112. The predicted octanol–water partition coefficient (Wildman–Crippen LogP) is 2.51. The van der Waals surface area contributed by atoms with Gasteiger partial charge in [0.1, 0.15) is 0 Å². The minimum Gasteiger partial charge on any atom is -0.438 e. The number of nitrogens with one attached hydrogen (secondary N) is 1. The summed E-state index contributed by atoms with van der Waals surface area (Å²) >= 11 is 0. The Bertz CT molecular complexity index is 1010. The molecule has 6 nitrogen and oxygen atoms in total. The standard InChI is InChI=1S/C16H11NO5S/c18-9-10-8-17-13-7-15-14(6-12(10)13)21-16(22-15)23(19,20)11-4-2-1-3-5-11/h1-9,16-17H. The summed E-state index contributed by atoms with van der Waals surface area (Å²) in [7, 11) is -3.79. The number of carbonyl (C=O) groups is 1. The molecule has 1 aliphatic rings. The van der Waals surface area contributed by atoms with Crippen LogP contribution in [-0.4, -0.2) is 25.3 Å². The van der Waals surface area contributed by atoms with Crippen LogP contribution < -0.4 is 9.47 Å². The first-order valence-electron chi connectivity index (χ1n) is 6.82. The molecular formula is C16H11NO5S. The summed E-state index contributed by atoms with van der Waals surface area (Å²) in [5, 5.41) is 0.653. The number of H-pyrrole nitrogens is 1. The average molecular weight is 329 g/mol. The highest BCUT2D eigenvalue weighted by Gasteiger charge is 2.37. The Kier molecular flexibility index (Phi) is 2.92. The number of rotatable bonds is 3. The fraction of sp³-hybridized carbons (Fsp3) is 0.0625. The summed E-state index contributed by atoms with van der Waals surface area (Å²) in [6.45, 7) is 0. The summed E-state index contributed by atoms with van der Waals surface area (Å²) in [5.74, 6) is 0.617. The molecule has 0 radical (unpaired) electrons. The molecule has 0 aliphatic carbocycles. The molecule has 1 aliphatic heterocycles. The van der Waals surface area contributed by atoms with E-state index in [4.69, 9.17) is 9.47 Å². The summed E-state index contributed by atoms with van der Waals surface area (Å²) in [4.78, 5) is 14.1. The molecule has 1 atom stereocenters. The van der Waals surface area contributed by atoms with Gasteiger partial charge in [0.25, 0.3) is 9.84 Å². The highest BCUT2D eigenvalue weighted by molar-refractivity contribution is 7.91. The smallest absolute Gasteiger partial charge is 0.350 e. The molecule has 0 amide bonds. The van der Waals surface area contributed by atoms with Crippen LogP contribution in [0.4, 0.5) is 0 Å². The van der Waals surface area contributed by atoms with Crippen molar-refractivity contribution < 1.29 is 22.7 Å². The van der Waals surface area contributed by atoms with Crippen LogP contribution in [0.1, 0.15) is 10.4 Å². The molecule has 1 aromatic heterocycles. The number of aldehydes is 1. The lowest BCUT2D eigenvalue weighted by Crippen LogP contribution is -2.29. The van der Waals surface area contributed by atoms with Gasteiger partial charge in [0, 0.05) is 23.2 Å². The number of benzene rings is 2. The molecular weight excluding hydrogens is 318 g/mol. The lowest BCUT2D eigenvalue weighted by atomic mass is 10.2. The first-order chi connectivity index (χ1) is 11.1. The number of sulfone groups is 1. The van der Waals surface area contributed by atoms with E-state index in [0.717, 1.165) is 6.29 Å². The van der Waals surface area contributed by atoms with Crippen LogP contribution in [0.2, 0.25) is 0 Å². The molecule has 7 heteroatoms. The molecule has 0 fully saturated rings. The Hall–Kier alpha value is -2.80. The Labute approximate surface area is 131 Å². The van der Waals surface area contributed by atoms with Gasteiger partial charge in [-0.25, -0.2) is 8.42 Å². The van der Waals surface area contributed by atoms with Crippen LogP contribution in [0.25, 0.3) is 10.9 Å². The van der Waals surface area contributed by atoms with Crippen molar-refractivity contribution in [1.29, 1.82) is 0 Å². The highest BCUT2D eigenvalue weighted by atomic mass is 32.2. The van der Waals surface area contributed by atoms with Crippen LogP contribution in [0, 0.1) is 0 Å². The highest BCUT2D eigenvalue weighted by Crippen LogP contribution is 2.40. The van der Waals surface area contributed by atoms with Crippen molar-refractivity contribution >= 4 is 27.0 Å². The Balaban J connectivity index is 1.74. The van der Waals surface area contributed by atoms with Crippen molar-refractivity contribution in [1.82, 2.24) is 4.98 Å². The summed E-state index contributed by atoms with van der Waals surface area (Å²) in [6.07, 6.45) is 2.30. The van der Waals surface area contributed by atoms with E-state index in [9.17, 15) is 13.2 Å². The monoisotopic (exact) mass is 329 g/mol. The topological polar surface area (TPSA) is 85.5 Å². The quantitative estimate of drug-likeness (QED) is 0.746. The summed E-state index contributed by atoms with van der Waals surface area (Å²) in [6, 6.07) is 11.2. The van der Waals surface area contributed by atoms with Crippen molar-refractivity contribution in [3.8, 4) is 11.5 Å². The third-order valence-corrected chi connectivity index (χ3v) is 5.30. The van der Waals surface area contributed by atoms with E-state index in [0.29, 0.717) is 28.0 Å². The summed E-state index contributed by atoms with van der Waals surface area (Å²) < 4.78 is 36.0. The molecule has 1 unspecified atom stereocenters. The van der Waals surface area contributed by atoms with E-state index in [1.54, 1.807) is 36.5 Å². The van der Waals surface area contributed by atoms with Crippen molar-refractivity contribution in [3.05, 3.63) is 54.2 Å². The SMILES string of the molecule is O=Cc1c[nH]c2cc3c(cc12)OC(S(=O)(=O)c1ccccc1)O3.